The van der Waals surface area contributed by atoms with Gasteiger partial charge in [0.05, 0.1) is 4.92 Å². The summed E-state index contributed by atoms with van der Waals surface area (Å²) in [6, 6.07) is 1.41. The topological polar surface area (TPSA) is 106 Å². The molecule has 1 aromatic carbocycles. The number of nitro benzene ring substituents is 1. The fraction of sp³-hybridized carbons (Fsp3) is 0. The minimum absolute atomic E-state index is 0.0631. The van der Waals surface area contributed by atoms with Crippen LogP contribution in [0.1, 0.15) is 5.56 Å². The molecular formula is C9H7FN2O4. The lowest BCUT2D eigenvalue weighted by Crippen LogP contribution is -2.05. The van der Waals surface area contributed by atoms with E-state index in [1.54, 1.807) is 0 Å². The van der Waals surface area contributed by atoms with E-state index in [0.717, 1.165) is 18.2 Å². The van der Waals surface area contributed by atoms with E-state index >= 15 is 0 Å². The molecule has 0 fully saturated rings. The normalized spacial score (nSPS) is 10.6. The number of carbonyl (C=O) groups is 1. The van der Waals surface area contributed by atoms with Crippen molar-refractivity contribution in [3.63, 3.8) is 0 Å². The number of hydrogen-bond donors (Lipinski definition) is 2. The number of nitro groups is 1. The van der Waals surface area contributed by atoms with Gasteiger partial charge in [0.15, 0.2) is 0 Å². The van der Waals surface area contributed by atoms with Crippen LogP contribution in [0.2, 0.25) is 0 Å². The van der Waals surface area contributed by atoms with Crippen molar-refractivity contribution >= 4 is 17.7 Å². The van der Waals surface area contributed by atoms with Gasteiger partial charge in [-0.1, -0.05) is 0 Å². The quantitative estimate of drug-likeness (QED) is 0.454. The fourth-order valence-corrected chi connectivity index (χ4v) is 1.01. The Morgan fingerprint density at radius 1 is 1.56 bits per heavy atom. The Labute approximate surface area is 89.0 Å². The van der Waals surface area contributed by atoms with Gasteiger partial charge in [0, 0.05) is 23.8 Å². The Hall–Kier alpha value is -2.44. The van der Waals surface area contributed by atoms with Crippen LogP contribution in [-0.4, -0.2) is 15.9 Å². The van der Waals surface area contributed by atoms with Crippen LogP contribution in [0.15, 0.2) is 18.2 Å². The van der Waals surface area contributed by atoms with Crippen molar-refractivity contribution in [3.05, 3.63) is 39.7 Å². The zero-order valence-corrected chi connectivity index (χ0v) is 7.88. The maximum absolute atomic E-state index is 13.0. The first kappa shape index (κ1) is 11.6. The predicted molar refractivity (Wildman–Crippen MR) is 52.9 cm³/mol. The molecule has 7 heteroatoms. The Kier molecular flexibility index (Phi) is 3.19. The lowest BCUT2D eigenvalue weighted by molar-refractivity contribution is -0.387. The highest BCUT2D eigenvalue weighted by Gasteiger charge is 2.16. The van der Waals surface area contributed by atoms with Gasteiger partial charge in [0.1, 0.15) is 5.75 Å². The molecule has 0 saturated heterocycles. The van der Waals surface area contributed by atoms with Crippen molar-refractivity contribution in [2.75, 3.05) is 0 Å². The van der Waals surface area contributed by atoms with Gasteiger partial charge in [-0.05, 0) is 6.08 Å². The maximum atomic E-state index is 13.0. The molecule has 0 heterocycles. The number of rotatable bonds is 3. The highest BCUT2D eigenvalue weighted by Crippen LogP contribution is 2.27. The zero-order valence-electron chi connectivity index (χ0n) is 7.88. The van der Waals surface area contributed by atoms with Crippen LogP contribution in [0.4, 0.5) is 10.1 Å². The number of nitrogens with two attached hydrogens (primary N) is 1. The molecule has 84 valence electrons. The summed E-state index contributed by atoms with van der Waals surface area (Å²) in [5.74, 6) is -2.45. The minimum Gasteiger partial charge on any atom is -0.507 e. The number of halogens is 1. The summed E-state index contributed by atoms with van der Waals surface area (Å²) in [6.45, 7) is 0. The molecule has 1 rings (SSSR count). The second kappa shape index (κ2) is 4.39. The average Bonchev–Trinajstić information content (AvgIpc) is 2.15. The van der Waals surface area contributed by atoms with E-state index in [9.17, 15) is 24.4 Å². The van der Waals surface area contributed by atoms with Crippen molar-refractivity contribution in [3.8, 4) is 5.75 Å². The standard InChI is InChI=1S/C9H7FN2O4/c10-6-4-8(13)5(1-2-9(11)14)3-7(6)12(15)16/h1-4,13H,(H2,11,14)/b2-1+. The Morgan fingerprint density at radius 3 is 2.69 bits per heavy atom. The molecule has 0 aliphatic heterocycles. The van der Waals surface area contributed by atoms with E-state index in [2.05, 4.69) is 0 Å². The molecule has 0 saturated carbocycles. The summed E-state index contributed by atoms with van der Waals surface area (Å²) in [5.41, 5.74) is 3.95. The van der Waals surface area contributed by atoms with Crippen molar-refractivity contribution in [1.82, 2.24) is 0 Å². The minimum atomic E-state index is -1.15. The van der Waals surface area contributed by atoms with E-state index < -0.39 is 28.1 Å². The summed E-state index contributed by atoms with van der Waals surface area (Å²) < 4.78 is 13.0. The molecule has 3 N–H and O–H groups in total. The number of nitrogens with zero attached hydrogens (tertiary/aromatic N) is 1. The van der Waals surface area contributed by atoms with Crippen LogP contribution in [0, 0.1) is 15.9 Å². The van der Waals surface area contributed by atoms with Crippen LogP contribution in [0.3, 0.4) is 0 Å². The summed E-state index contributed by atoms with van der Waals surface area (Å²) in [6.07, 6.45) is 1.96. The summed E-state index contributed by atoms with van der Waals surface area (Å²) in [5, 5.41) is 19.6. The van der Waals surface area contributed by atoms with Gasteiger partial charge in [-0.25, -0.2) is 0 Å². The van der Waals surface area contributed by atoms with Crippen molar-refractivity contribution in [2.45, 2.75) is 0 Å². The zero-order chi connectivity index (χ0) is 12.3. The molecule has 1 amide bonds. The number of amides is 1. The van der Waals surface area contributed by atoms with Crippen molar-refractivity contribution in [2.24, 2.45) is 5.73 Å². The molecule has 0 bridgehead atoms. The predicted octanol–water partition coefficient (Wildman–Crippen LogP) is 0.938. The molecule has 1 aromatic rings. The molecular weight excluding hydrogens is 219 g/mol. The second-order valence-electron chi connectivity index (χ2n) is 2.86. The molecule has 0 radical (unpaired) electrons. The van der Waals surface area contributed by atoms with Crippen LogP contribution in [0.5, 0.6) is 5.75 Å². The van der Waals surface area contributed by atoms with Crippen LogP contribution < -0.4 is 5.73 Å². The van der Waals surface area contributed by atoms with Gasteiger partial charge in [0.25, 0.3) is 0 Å². The Bertz CT molecular complexity index is 485. The number of phenolic OH excluding ortho intramolecular Hbond substituents is 1. The van der Waals surface area contributed by atoms with E-state index in [1.807, 2.05) is 0 Å². The molecule has 0 unspecified atom stereocenters. The van der Waals surface area contributed by atoms with Gasteiger partial charge >= 0.3 is 5.69 Å². The molecule has 0 aliphatic carbocycles. The lowest BCUT2D eigenvalue weighted by atomic mass is 10.1. The van der Waals surface area contributed by atoms with Crippen LogP contribution in [0.25, 0.3) is 6.08 Å². The Morgan fingerprint density at radius 2 is 2.19 bits per heavy atom. The molecule has 0 aliphatic rings. The van der Waals surface area contributed by atoms with Gasteiger partial charge in [-0.3, -0.25) is 14.9 Å². The SMILES string of the molecule is NC(=O)/C=C/c1cc([N+](=O)[O-])c(F)cc1O. The van der Waals surface area contributed by atoms with Gasteiger partial charge in [-0.15, -0.1) is 0 Å². The molecule has 0 atom stereocenters. The van der Waals surface area contributed by atoms with Crippen LogP contribution >= 0.6 is 0 Å². The lowest BCUT2D eigenvalue weighted by Gasteiger charge is -2.00. The second-order valence-corrected chi connectivity index (χ2v) is 2.86. The smallest absolute Gasteiger partial charge is 0.305 e. The van der Waals surface area contributed by atoms with Crippen molar-refractivity contribution in [1.29, 1.82) is 0 Å². The number of primary amides is 1. The first-order valence-corrected chi connectivity index (χ1v) is 4.06. The highest BCUT2D eigenvalue weighted by atomic mass is 19.1. The van der Waals surface area contributed by atoms with Gasteiger partial charge in [-0.2, -0.15) is 4.39 Å². The third kappa shape index (κ3) is 2.53. The van der Waals surface area contributed by atoms with E-state index in [-0.39, 0.29) is 5.56 Å². The number of carbonyl (C=O) groups excluding carboxylic acids is 1. The fourth-order valence-electron chi connectivity index (χ4n) is 1.01. The van der Waals surface area contributed by atoms with E-state index in [0.29, 0.717) is 6.07 Å². The first-order valence-electron chi connectivity index (χ1n) is 4.06. The summed E-state index contributed by atoms with van der Waals surface area (Å²) in [7, 11) is 0. The summed E-state index contributed by atoms with van der Waals surface area (Å²) >= 11 is 0. The molecule has 6 nitrogen and oxygen atoms in total. The van der Waals surface area contributed by atoms with Crippen LogP contribution in [-0.2, 0) is 4.79 Å². The van der Waals surface area contributed by atoms with Gasteiger partial charge < -0.3 is 10.8 Å². The van der Waals surface area contributed by atoms with E-state index in [1.165, 1.54) is 0 Å². The van der Waals surface area contributed by atoms with Gasteiger partial charge in [0.2, 0.25) is 11.7 Å². The number of hydrogen-bond acceptors (Lipinski definition) is 4. The van der Waals surface area contributed by atoms with E-state index in [4.69, 9.17) is 5.73 Å². The van der Waals surface area contributed by atoms with Crippen molar-refractivity contribution < 1.29 is 19.2 Å². The first-order chi connectivity index (χ1) is 7.41. The summed E-state index contributed by atoms with van der Waals surface area (Å²) in [4.78, 5) is 19.9. The number of benzene rings is 1. The molecule has 0 spiro atoms. The largest absolute Gasteiger partial charge is 0.507 e. The Balaban J connectivity index is 3.25. The third-order valence-corrected chi connectivity index (χ3v) is 1.72. The molecule has 0 aromatic heterocycles. The highest BCUT2D eigenvalue weighted by molar-refractivity contribution is 5.90. The number of phenols is 1. The molecule has 16 heavy (non-hydrogen) atoms. The number of aromatic hydroxyl groups is 1. The monoisotopic (exact) mass is 226 g/mol. The average molecular weight is 226 g/mol. The third-order valence-electron chi connectivity index (χ3n) is 1.72. The maximum Gasteiger partial charge on any atom is 0.305 e.